The fourth-order valence-electron chi connectivity index (χ4n) is 4.33. The Balaban J connectivity index is 1.76. The molecule has 0 aliphatic rings. The van der Waals surface area contributed by atoms with Crippen LogP contribution in [0.3, 0.4) is 0 Å². The molecule has 2 aromatic heterocycles. The molecule has 0 amide bonds. The van der Waals surface area contributed by atoms with Crippen molar-refractivity contribution in [3.8, 4) is 11.4 Å². The highest BCUT2D eigenvalue weighted by Crippen LogP contribution is 2.29. The van der Waals surface area contributed by atoms with E-state index in [1.807, 2.05) is 29.8 Å². The number of halogens is 1. The molecule has 2 aromatic carbocycles. The summed E-state index contributed by atoms with van der Waals surface area (Å²) in [6, 6.07) is 14.7. The van der Waals surface area contributed by atoms with Crippen LogP contribution in [0.25, 0.3) is 5.69 Å². The van der Waals surface area contributed by atoms with Crippen molar-refractivity contribution in [2.24, 2.45) is 10.9 Å². The number of methoxy groups -OCH3 is 1. The summed E-state index contributed by atoms with van der Waals surface area (Å²) in [5, 5.41) is 4.06. The molecular weight excluding hydrogens is 525 g/mol. The van der Waals surface area contributed by atoms with Gasteiger partial charge in [-0.1, -0.05) is 39.0 Å². The highest BCUT2D eigenvalue weighted by molar-refractivity contribution is 6.53. The maximum Gasteiger partial charge on any atom is 0.260 e. The van der Waals surface area contributed by atoms with Crippen LogP contribution >= 0.6 is 0 Å². The van der Waals surface area contributed by atoms with Gasteiger partial charge in [-0.15, -0.1) is 0 Å². The number of hydrogen-bond donors (Lipinski definition) is 1. The van der Waals surface area contributed by atoms with Crippen LogP contribution in [0.2, 0.25) is 11.6 Å². The van der Waals surface area contributed by atoms with Gasteiger partial charge in [0.05, 0.1) is 43.0 Å². The quantitative estimate of drug-likeness (QED) is 0.135. The third-order valence-electron chi connectivity index (χ3n) is 7.12. The Bertz CT molecular complexity index is 1560. The number of pyridine rings is 1. The molecule has 2 N–H and O–H groups in total. The second-order valence-corrected chi connectivity index (χ2v) is 14.2. The standard InChI is InChI=1S/C30H36FN5O3Si/c1-20-17-35(19-33-20)25-14-11-22(16-27(25)38-5)28(34-32)24-8-7-15-36(29(24)37)26(18-39-40(6)30(2,3)4)21-9-12-23(31)13-10-21/h7-17,19,26,40H,18,32H2,1-6H3/b34-28-. The molecule has 0 spiro atoms. The number of aromatic nitrogens is 3. The third-order valence-corrected chi connectivity index (χ3v) is 10.2. The van der Waals surface area contributed by atoms with Crippen LogP contribution in [0, 0.1) is 12.7 Å². The van der Waals surface area contributed by atoms with E-state index in [0.717, 1.165) is 16.9 Å². The molecule has 0 fully saturated rings. The first-order valence-electron chi connectivity index (χ1n) is 13.1. The Morgan fingerprint density at radius 3 is 2.50 bits per heavy atom. The minimum absolute atomic E-state index is 0.0418. The highest BCUT2D eigenvalue weighted by atomic mass is 28.3. The molecular formula is C30H36FN5O3Si. The smallest absolute Gasteiger partial charge is 0.260 e. The first kappa shape index (κ1) is 29.0. The lowest BCUT2D eigenvalue weighted by Gasteiger charge is -2.29. The molecule has 10 heteroatoms. The van der Waals surface area contributed by atoms with E-state index in [0.29, 0.717) is 22.6 Å². The van der Waals surface area contributed by atoms with Crippen molar-refractivity contribution in [3.63, 3.8) is 0 Å². The van der Waals surface area contributed by atoms with Crippen LogP contribution in [0.1, 0.15) is 49.2 Å². The van der Waals surface area contributed by atoms with Gasteiger partial charge in [0.2, 0.25) is 0 Å². The van der Waals surface area contributed by atoms with Crippen LogP contribution in [-0.2, 0) is 4.43 Å². The molecule has 2 heterocycles. The maximum absolute atomic E-state index is 14.0. The van der Waals surface area contributed by atoms with Crippen LogP contribution in [-0.4, -0.2) is 42.6 Å². The predicted molar refractivity (Wildman–Crippen MR) is 159 cm³/mol. The number of aryl methyl sites for hydroxylation is 1. The van der Waals surface area contributed by atoms with Gasteiger partial charge >= 0.3 is 0 Å². The van der Waals surface area contributed by atoms with Crippen LogP contribution in [0.4, 0.5) is 4.39 Å². The van der Waals surface area contributed by atoms with E-state index < -0.39 is 15.1 Å². The van der Waals surface area contributed by atoms with Gasteiger partial charge in [0.15, 0.2) is 9.04 Å². The molecule has 0 aliphatic heterocycles. The number of ether oxygens (including phenoxy) is 1. The van der Waals surface area contributed by atoms with Gasteiger partial charge < -0.3 is 24.1 Å². The molecule has 2 atom stereocenters. The van der Waals surface area contributed by atoms with Gasteiger partial charge in [-0.25, -0.2) is 9.37 Å². The molecule has 4 rings (SSSR count). The second kappa shape index (κ2) is 12.0. The van der Waals surface area contributed by atoms with Gasteiger partial charge in [-0.3, -0.25) is 4.79 Å². The monoisotopic (exact) mass is 561 g/mol. The SMILES string of the molecule is COc1cc(/C(=N/N)c2cccn(C(CO[SiH](C)C(C)(C)C)c3ccc(F)cc3)c2=O)ccc1-n1cnc(C)c1. The summed E-state index contributed by atoms with van der Waals surface area (Å²) in [5.74, 6) is 6.10. The van der Waals surface area contributed by atoms with Crippen molar-refractivity contribution in [3.05, 3.63) is 112 Å². The van der Waals surface area contributed by atoms with E-state index in [1.165, 1.54) is 12.1 Å². The van der Waals surface area contributed by atoms with Crippen molar-refractivity contribution in [1.82, 2.24) is 14.1 Å². The highest BCUT2D eigenvalue weighted by Gasteiger charge is 2.26. The number of imidazole rings is 1. The fourth-order valence-corrected chi connectivity index (χ4v) is 5.30. The second-order valence-electron chi connectivity index (χ2n) is 10.8. The van der Waals surface area contributed by atoms with E-state index in [-0.39, 0.29) is 23.0 Å². The zero-order chi connectivity index (χ0) is 29.0. The van der Waals surface area contributed by atoms with E-state index in [9.17, 15) is 9.18 Å². The third kappa shape index (κ3) is 6.24. The normalized spacial score (nSPS) is 13.7. The number of hydrazone groups is 1. The molecule has 0 radical (unpaired) electrons. The average Bonchev–Trinajstić information content (AvgIpc) is 3.36. The van der Waals surface area contributed by atoms with E-state index >= 15 is 0 Å². The van der Waals surface area contributed by atoms with E-state index in [4.69, 9.17) is 15.0 Å². The Morgan fingerprint density at radius 1 is 1.18 bits per heavy atom. The summed E-state index contributed by atoms with van der Waals surface area (Å²) in [5.41, 5.74) is 3.41. The lowest BCUT2D eigenvalue weighted by atomic mass is 10.0. The Hall–Kier alpha value is -4.02. The molecule has 4 aromatic rings. The number of nitrogens with two attached hydrogens (primary N) is 1. The number of nitrogens with zero attached hydrogens (tertiary/aromatic N) is 4. The Kier molecular flexibility index (Phi) is 8.70. The minimum Gasteiger partial charge on any atom is -0.495 e. The lowest BCUT2D eigenvalue weighted by Crippen LogP contribution is -2.35. The van der Waals surface area contributed by atoms with Crippen LogP contribution in [0.5, 0.6) is 5.75 Å². The summed E-state index contributed by atoms with van der Waals surface area (Å²) in [4.78, 5) is 18.3. The molecule has 8 nitrogen and oxygen atoms in total. The maximum atomic E-state index is 14.0. The topological polar surface area (TPSA) is 96.7 Å². The minimum atomic E-state index is -1.60. The van der Waals surface area contributed by atoms with Crippen molar-refractivity contribution < 1.29 is 13.6 Å². The van der Waals surface area contributed by atoms with Gasteiger partial charge in [0.25, 0.3) is 5.56 Å². The van der Waals surface area contributed by atoms with Gasteiger partial charge in [0, 0.05) is 18.0 Å². The first-order valence-corrected chi connectivity index (χ1v) is 15.3. The Labute approximate surface area is 235 Å². The summed E-state index contributed by atoms with van der Waals surface area (Å²) in [6.45, 7) is 10.8. The number of rotatable bonds is 9. The summed E-state index contributed by atoms with van der Waals surface area (Å²) >= 11 is 0. The van der Waals surface area contributed by atoms with Crippen molar-refractivity contribution >= 4 is 14.8 Å². The Morgan fingerprint density at radius 2 is 1.90 bits per heavy atom. The van der Waals surface area contributed by atoms with Crippen LogP contribution < -0.4 is 16.1 Å². The summed E-state index contributed by atoms with van der Waals surface area (Å²) < 4.78 is 29.3. The predicted octanol–water partition coefficient (Wildman–Crippen LogP) is 4.96. The van der Waals surface area contributed by atoms with Crippen LogP contribution in [0.15, 0.2) is 83.2 Å². The fraction of sp³-hybridized carbons (Fsp3) is 0.300. The molecule has 40 heavy (non-hydrogen) atoms. The number of hydrogen-bond acceptors (Lipinski definition) is 6. The first-order chi connectivity index (χ1) is 19.0. The summed E-state index contributed by atoms with van der Waals surface area (Å²) in [7, 11) is -0.0192. The largest absolute Gasteiger partial charge is 0.495 e. The van der Waals surface area contributed by atoms with Gasteiger partial charge in [-0.2, -0.15) is 5.10 Å². The molecule has 0 aliphatic carbocycles. The molecule has 0 saturated carbocycles. The van der Waals surface area contributed by atoms with Gasteiger partial charge in [0.1, 0.15) is 17.3 Å². The van der Waals surface area contributed by atoms with Gasteiger partial charge in [-0.05, 0) is 60.5 Å². The van der Waals surface area contributed by atoms with E-state index in [1.54, 1.807) is 54.5 Å². The van der Waals surface area contributed by atoms with Crippen molar-refractivity contribution in [2.75, 3.05) is 13.7 Å². The average molecular weight is 562 g/mol. The lowest BCUT2D eigenvalue weighted by molar-refractivity contribution is 0.259. The molecule has 0 bridgehead atoms. The molecule has 2 unspecified atom stereocenters. The molecule has 0 saturated heterocycles. The van der Waals surface area contributed by atoms with E-state index in [2.05, 4.69) is 37.4 Å². The summed E-state index contributed by atoms with van der Waals surface area (Å²) in [6.07, 6.45) is 5.32. The van der Waals surface area contributed by atoms with Crippen molar-refractivity contribution in [2.45, 2.75) is 45.3 Å². The zero-order valence-electron chi connectivity index (χ0n) is 23.8. The number of benzene rings is 2. The molecule has 210 valence electrons. The zero-order valence-corrected chi connectivity index (χ0v) is 24.9. The van der Waals surface area contributed by atoms with Crippen molar-refractivity contribution in [1.29, 1.82) is 0 Å².